The van der Waals surface area contributed by atoms with Crippen molar-refractivity contribution >= 4 is 11.8 Å². The van der Waals surface area contributed by atoms with E-state index in [0.29, 0.717) is 11.1 Å². The highest BCUT2D eigenvalue weighted by atomic mass is 32.2. The lowest BCUT2D eigenvalue weighted by atomic mass is 10.1. The van der Waals surface area contributed by atoms with Gasteiger partial charge < -0.3 is 10.3 Å². The van der Waals surface area contributed by atoms with Gasteiger partial charge in [-0.2, -0.15) is 16.7 Å². The Morgan fingerprint density at radius 2 is 2.19 bits per heavy atom. The van der Waals surface area contributed by atoms with Gasteiger partial charge in [0.15, 0.2) is 5.82 Å². The Morgan fingerprint density at radius 1 is 1.44 bits per heavy atom. The third kappa shape index (κ3) is 4.53. The van der Waals surface area contributed by atoms with Gasteiger partial charge in [0.2, 0.25) is 5.89 Å². The number of nitrogens with two attached hydrogens (primary N) is 1. The summed E-state index contributed by atoms with van der Waals surface area (Å²) in [6, 6.07) is -0.106. The summed E-state index contributed by atoms with van der Waals surface area (Å²) in [5.74, 6) is 2.12. The number of hydrogen-bond acceptors (Lipinski definition) is 5. The topological polar surface area (TPSA) is 64.9 Å². The minimum Gasteiger partial charge on any atom is -0.338 e. The van der Waals surface area contributed by atoms with Crippen LogP contribution in [0.4, 0.5) is 0 Å². The van der Waals surface area contributed by atoms with Crippen molar-refractivity contribution in [2.45, 2.75) is 57.1 Å². The van der Waals surface area contributed by atoms with Gasteiger partial charge in [0.25, 0.3) is 0 Å². The summed E-state index contributed by atoms with van der Waals surface area (Å²) in [6.07, 6.45) is 3.15. The van der Waals surface area contributed by atoms with E-state index in [-0.39, 0.29) is 6.04 Å². The molecule has 1 aromatic rings. The minimum atomic E-state index is -0.106. The minimum absolute atomic E-state index is 0.106. The van der Waals surface area contributed by atoms with Gasteiger partial charge in [0.1, 0.15) is 0 Å². The van der Waals surface area contributed by atoms with Crippen molar-refractivity contribution in [3.8, 4) is 0 Å². The number of rotatable bonds is 7. The first kappa shape index (κ1) is 13.5. The molecule has 1 rings (SSSR count). The molecule has 0 spiro atoms. The third-order valence-electron chi connectivity index (χ3n) is 2.22. The van der Waals surface area contributed by atoms with E-state index in [2.05, 4.69) is 30.9 Å². The first-order valence-electron chi connectivity index (χ1n) is 5.83. The fourth-order valence-electron chi connectivity index (χ4n) is 1.27. The fourth-order valence-corrected chi connectivity index (χ4v) is 1.87. The standard InChI is InChI=1S/C11H21N3OS/c1-4-5-6-9(12)11-13-10(14-15-11)7-16-8(2)3/h8-9H,4-7,12H2,1-3H3. The molecule has 0 saturated heterocycles. The van der Waals surface area contributed by atoms with E-state index >= 15 is 0 Å². The van der Waals surface area contributed by atoms with Crippen molar-refractivity contribution in [1.29, 1.82) is 0 Å². The number of hydrogen-bond donors (Lipinski definition) is 1. The smallest absolute Gasteiger partial charge is 0.243 e. The molecule has 0 radical (unpaired) electrons. The van der Waals surface area contributed by atoms with Crippen LogP contribution in [0.5, 0.6) is 0 Å². The molecule has 92 valence electrons. The quantitative estimate of drug-likeness (QED) is 0.797. The van der Waals surface area contributed by atoms with Crippen LogP contribution in [0.2, 0.25) is 0 Å². The van der Waals surface area contributed by atoms with Crippen LogP contribution in [0.25, 0.3) is 0 Å². The molecule has 4 nitrogen and oxygen atoms in total. The molecule has 0 aliphatic heterocycles. The third-order valence-corrected chi connectivity index (χ3v) is 3.31. The first-order chi connectivity index (χ1) is 7.63. The maximum atomic E-state index is 5.95. The molecule has 1 aromatic heterocycles. The molecule has 0 aliphatic rings. The highest BCUT2D eigenvalue weighted by Gasteiger charge is 2.14. The van der Waals surface area contributed by atoms with Crippen molar-refractivity contribution in [2.75, 3.05) is 0 Å². The zero-order valence-electron chi connectivity index (χ0n) is 10.3. The van der Waals surface area contributed by atoms with Gasteiger partial charge in [-0.1, -0.05) is 38.8 Å². The van der Waals surface area contributed by atoms with Gasteiger partial charge in [-0.05, 0) is 11.7 Å². The Hall–Kier alpha value is -0.550. The summed E-state index contributed by atoms with van der Waals surface area (Å²) >= 11 is 1.80. The van der Waals surface area contributed by atoms with Gasteiger partial charge in [0, 0.05) is 0 Å². The summed E-state index contributed by atoms with van der Waals surface area (Å²) in [4.78, 5) is 4.31. The van der Waals surface area contributed by atoms with Crippen LogP contribution in [0, 0.1) is 0 Å². The summed E-state index contributed by atoms with van der Waals surface area (Å²) < 4.78 is 5.16. The molecule has 2 N–H and O–H groups in total. The molecule has 1 unspecified atom stereocenters. The summed E-state index contributed by atoms with van der Waals surface area (Å²) in [5, 5.41) is 4.51. The second kappa shape index (κ2) is 6.91. The average molecular weight is 243 g/mol. The van der Waals surface area contributed by atoms with E-state index in [1.54, 1.807) is 11.8 Å². The van der Waals surface area contributed by atoms with Crippen LogP contribution < -0.4 is 5.73 Å². The zero-order chi connectivity index (χ0) is 12.0. The molecule has 0 saturated carbocycles. The summed E-state index contributed by atoms with van der Waals surface area (Å²) in [5.41, 5.74) is 5.95. The molecular formula is C11H21N3OS. The number of unbranched alkanes of at least 4 members (excludes halogenated alkanes) is 1. The molecule has 1 atom stereocenters. The lowest BCUT2D eigenvalue weighted by Gasteiger charge is -2.03. The summed E-state index contributed by atoms with van der Waals surface area (Å²) in [6.45, 7) is 6.45. The highest BCUT2D eigenvalue weighted by molar-refractivity contribution is 7.99. The van der Waals surface area contributed by atoms with Crippen LogP contribution in [-0.4, -0.2) is 15.4 Å². The van der Waals surface area contributed by atoms with Gasteiger partial charge in [-0.15, -0.1) is 0 Å². The predicted molar refractivity (Wildman–Crippen MR) is 67.2 cm³/mol. The highest BCUT2D eigenvalue weighted by Crippen LogP contribution is 2.18. The predicted octanol–water partition coefficient (Wildman–Crippen LogP) is 2.90. The SMILES string of the molecule is CCCCC(N)c1nc(CSC(C)C)no1. The van der Waals surface area contributed by atoms with Crippen LogP contribution in [0.1, 0.15) is 57.8 Å². The lowest BCUT2D eigenvalue weighted by Crippen LogP contribution is -2.10. The molecule has 0 aliphatic carbocycles. The maximum absolute atomic E-state index is 5.95. The number of aromatic nitrogens is 2. The maximum Gasteiger partial charge on any atom is 0.243 e. The van der Waals surface area contributed by atoms with Gasteiger partial charge in [0.05, 0.1) is 11.8 Å². The molecule has 0 bridgehead atoms. The van der Waals surface area contributed by atoms with Crippen molar-refractivity contribution in [3.63, 3.8) is 0 Å². The Morgan fingerprint density at radius 3 is 2.81 bits per heavy atom. The van der Waals surface area contributed by atoms with E-state index in [1.165, 1.54) is 0 Å². The van der Waals surface area contributed by atoms with E-state index in [9.17, 15) is 0 Å². The molecule has 0 aromatic carbocycles. The summed E-state index contributed by atoms with van der Waals surface area (Å²) in [7, 11) is 0. The van der Waals surface area contributed by atoms with E-state index in [1.807, 2.05) is 0 Å². The number of thioether (sulfide) groups is 1. The Kier molecular flexibility index (Phi) is 5.84. The molecule has 16 heavy (non-hydrogen) atoms. The van der Waals surface area contributed by atoms with Crippen LogP contribution in [-0.2, 0) is 5.75 Å². The molecular weight excluding hydrogens is 222 g/mol. The van der Waals surface area contributed by atoms with Gasteiger partial charge >= 0.3 is 0 Å². The van der Waals surface area contributed by atoms with Crippen molar-refractivity contribution < 1.29 is 4.52 Å². The van der Waals surface area contributed by atoms with Crippen molar-refractivity contribution in [3.05, 3.63) is 11.7 Å². The van der Waals surface area contributed by atoms with E-state index < -0.39 is 0 Å². The molecule has 0 amide bonds. The zero-order valence-corrected chi connectivity index (χ0v) is 11.1. The first-order valence-corrected chi connectivity index (χ1v) is 6.88. The van der Waals surface area contributed by atoms with E-state index in [4.69, 9.17) is 10.3 Å². The second-order valence-corrected chi connectivity index (χ2v) is 5.72. The lowest BCUT2D eigenvalue weighted by molar-refractivity contribution is 0.343. The van der Waals surface area contributed by atoms with Gasteiger partial charge in [-0.25, -0.2) is 0 Å². The van der Waals surface area contributed by atoms with Crippen molar-refractivity contribution in [1.82, 2.24) is 10.1 Å². The molecule has 0 fully saturated rings. The van der Waals surface area contributed by atoms with E-state index in [0.717, 1.165) is 30.8 Å². The fraction of sp³-hybridized carbons (Fsp3) is 0.818. The van der Waals surface area contributed by atoms with Crippen LogP contribution in [0.15, 0.2) is 4.52 Å². The van der Waals surface area contributed by atoms with Crippen LogP contribution in [0.3, 0.4) is 0 Å². The average Bonchev–Trinajstić information content (AvgIpc) is 2.71. The van der Waals surface area contributed by atoms with Gasteiger partial charge in [-0.3, -0.25) is 0 Å². The largest absolute Gasteiger partial charge is 0.338 e. The Labute approximate surface area is 101 Å². The second-order valence-electron chi connectivity index (χ2n) is 4.16. The molecule has 1 heterocycles. The monoisotopic (exact) mass is 243 g/mol. The van der Waals surface area contributed by atoms with Crippen LogP contribution >= 0.6 is 11.8 Å². The van der Waals surface area contributed by atoms with Crippen molar-refractivity contribution in [2.24, 2.45) is 5.73 Å². The molecule has 5 heteroatoms. The number of nitrogens with zero attached hydrogens (tertiary/aromatic N) is 2. The Balaban J connectivity index is 2.43. The Bertz CT molecular complexity index is 301. The normalized spacial score (nSPS) is 13.3.